The Balaban J connectivity index is 1.54. The molecule has 0 unspecified atom stereocenters. The summed E-state index contributed by atoms with van der Waals surface area (Å²) in [5.74, 6) is -0.264. The van der Waals surface area contributed by atoms with Gasteiger partial charge in [-0.15, -0.1) is 0 Å². The largest absolute Gasteiger partial charge is 0.462 e. The summed E-state index contributed by atoms with van der Waals surface area (Å²) in [6, 6.07) is 14.7. The number of rotatable bonds is 5. The van der Waals surface area contributed by atoms with E-state index in [9.17, 15) is 9.18 Å². The Labute approximate surface area is 187 Å². The van der Waals surface area contributed by atoms with E-state index in [1.807, 2.05) is 49.6 Å². The molecule has 1 fully saturated rings. The Bertz CT molecular complexity index is 1070. The summed E-state index contributed by atoms with van der Waals surface area (Å²) in [5.41, 5.74) is 2.19. The standard InChI is InChI=1S/C25H30FN3O3/c1-25(2,3)32-24(30)28-15-7-6-8-20(28)17-31-23-27-21-9-4-5-10-22(21)29(23)16-18-11-13-19(26)14-12-18/h4-5,9-14,20H,6-8,15-17H2,1-3H3/t20-/m0/s1. The molecule has 1 aliphatic heterocycles. The summed E-state index contributed by atoms with van der Waals surface area (Å²) in [4.78, 5) is 19.2. The van der Waals surface area contributed by atoms with Gasteiger partial charge in [-0.1, -0.05) is 24.3 Å². The molecule has 1 atom stereocenters. The van der Waals surface area contributed by atoms with Crippen molar-refractivity contribution in [1.29, 1.82) is 0 Å². The molecule has 2 aromatic carbocycles. The van der Waals surface area contributed by atoms with Crippen molar-refractivity contribution in [2.24, 2.45) is 0 Å². The van der Waals surface area contributed by atoms with Gasteiger partial charge < -0.3 is 14.4 Å². The Hall–Kier alpha value is -3.09. The van der Waals surface area contributed by atoms with Crippen LogP contribution in [0, 0.1) is 5.82 Å². The van der Waals surface area contributed by atoms with E-state index in [-0.39, 0.29) is 18.0 Å². The van der Waals surface area contributed by atoms with Crippen LogP contribution in [0.25, 0.3) is 11.0 Å². The monoisotopic (exact) mass is 439 g/mol. The zero-order valence-corrected chi connectivity index (χ0v) is 18.9. The summed E-state index contributed by atoms with van der Waals surface area (Å²) >= 11 is 0. The van der Waals surface area contributed by atoms with Gasteiger partial charge in [0.2, 0.25) is 0 Å². The molecular weight excluding hydrogens is 409 g/mol. The number of aromatic nitrogens is 2. The van der Waals surface area contributed by atoms with Gasteiger partial charge in [0.05, 0.1) is 23.6 Å². The highest BCUT2D eigenvalue weighted by Gasteiger charge is 2.31. The second-order valence-electron chi connectivity index (χ2n) is 9.23. The van der Waals surface area contributed by atoms with E-state index in [0.29, 0.717) is 25.7 Å². The highest BCUT2D eigenvalue weighted by Crippen LogP contribution is 2.25. The van der Waals surface area contributed by atoms with Crippen LogP contribution in [0.5, 0.6) is 6.01 Å². The molecule has 1 saturated heterocycles. The number of benzene rings is 2. The van der Waals surface area contributed by atoms with E-state index in [1.165, 1.54) is 12.1 Å². The zero-order valence-electron chi connectivity index (χ0n) is 18.9. The van der Waals surface area contributed by atoms with E-state index in [4.69, 9.17) is 9.47 Å². The van der Waals surface area contributed by atoms with Crippen molar-refractivity contribution in [2.45, 2.75) is 58.2 Å². The summed E-state index contributed by atoms with van der Waals surface area (Å²) in [6.45, 7) is 7.13. The van der Waals surface area contributed by atoms with Crippen molar-refractivity contribution < 1.29 is 18.7 Å². The highest BCUT2D eigenvalue weighted by atomic mass is 19.1. The molecule has 6 nitrogen and oxygen atoms in total. The number of hydrogen-bond acceptors (Lipinski definition) is 4. The lowest BCUT2D eigenvalue weighted by atomic mass is 10.0. The average molecular weight is 440 g/mol. The molecule has 0 spiro atoms. The number of piperidine rings is 1. The molecule has 1 amide bonds. The van der Waals surface area contributed by atoms with Gasteiger partial charge in [-0.25, -0.2) is 9.18 Å². The molecule has 4 rings (SSSR count). The van der Waals surface area contributed by atoms with Gasteiger partial charge in [0.15, 0.2) is 0 Å². The van der Waals surface area contributed by atoms with Crippen LogP contribution in [0.1, 0.15) is 45.6 Å². The van der Waals surface area contributed by atoms with E-state index < -0.39 is 5.60 Å². The number of hydrogen-bond donors (Lipinski definition) is 0. The number of nitrogens with zero attached hydrogens (tertiary/aromatic N) is 3. The number of para-hydroxylation sites is 2. The number of amides is 1. The fourth-order valence-electron chi connectivity index (χ4n) is 3.99. The van der Waals surface area contributed by atoms with E-state index in [1.54, 1.807) is 17.0 Å². The van der Waals surface area contributed by atoms with Crippen LogP contribution in [0.3, 0.4) is 0 Å². The Kier molecular flexibility index (Phi) is 6.35. The second-order valence-corrected chi connectivity index (χ2v) is 9.23. The van der Waals surface area contributed by atoms with Crippen LogP contribution in [0.4, 0.5) is 9.18 Å². The number of halogens is 1. The quantitative estimate of drug-likeness (QED) is 0.535. The number of fused-ring (bicyclic) bond motifs is 1. The summed E-state index contributed by atoms with van der Waals surface area (Å²) in [5, 5.41) is 0. The van der Waals surface area contributed by atoms with Gasteiger partial charge in [-0.3, -0.25) is 4.57 Å². The summed E-state index contributed by atoms with van der Waals surface area (Å²) < 4.78 is 27.1. The number of imidazole rings is 1. The first kappa shape index (κ1) is 22.1. The third-order valence-corrected chi connectivity index (χ3v) is 5.53. The molecule has 0 radical (unpaired) electrons. The topological polar surface area (TPSA) is 56.6 Å². The van der Waals surface area contributed by atoms with Crippen LogP contribution in [-0.2, 0) is 11.3 Å². The molecule has 32 heavy (non-hydrogen) atoms. The van der Waals surface area contributed by atoms with Crippen LogP contribution < -0.4 is 4.74 Å². The van der Waals surface area contributed by atoms with E-state index in [2.05, 4.69) is 4.98 Å². The van der Waals surface area contributed by atoms with E-state index >= 15 is 0 Å². The van der Waals surface area contributed by atoms with Crippen molar-refractivity contribution in [1.82, 2.24) is 14.5 Å². The molecule has 170 valence electrons. The van der Waals surface area contributed by atoms with Crippen molar-refractivity contribution >= 4 is 17.1 Å². The maximum Gasteiger partial charge on any atom is 0.410 e. The Morgan fingerprint density at radius 1 is 1.12 bits per heavy atom. The maximum absolute atomic E-state index is 13.3. The molecular formula is C25H30FN3O3. The Morgan fingerprint density at radius 3 is 2.62 bits per heavy atom. The molecule has 0 N–H and O–H groups in total. The first-order valence-electron chi connectivity index (χ1n) is 11.1. The van der Waals surface area contributed by atoms with Crippen LogP contribution in [0.15, 0.2) is 48.5 Å². The van der Waals surface area contributed by atoms with Crippen LogP contribution >= 0.6 is 0 Å². The van der Waals surface area contributed by atoms with Gasteiger partial charge in [0.25, 0.3) is 6.01 Å². The SMILES string of the molecule is CC(C)(C)OC(=O)N1CCCC[C@H]1COc1nc2ccccc2n1Cc1ccc(F)cc1. The molecule has 0 saturated carbocycles. The van der Waals surface area contributed by atoms with Gasteiger partial charge in [0.1, 0.15) is 18.0 Å². The summed E-state index contributed by atoms with van der Waals surface area (Å²) in [7, 11) is 0. The molecule has 3 aromatic rings. The van der Waals surface area contributed by atoms with Gasteiger partial charge in [0, 0.05) is 6.54 Å². The average Bonchev–Trinajstić information content (AvgIpc) is 3.10. The smallest absolute Gasteiger partial charge is 0.410 e. The highest BCUT2D eigenvalue weighted by molar-refractivity contribution is 5.76. The zero-order chi connectivity index (χ0) is 22.7. The number of likely N-dealkylation sites (tertiary alicyclic amines) is 1. The fraction of sp³-hybridized carbons (Fsp3) is 0.440. The Morgan fingerprint density at radius 2 is 1.88 bits per heavy atom. The number of ether oxygens (including phenoxy) is 2. The minimum Gasteiger partial charge on any atom is -0.462 e. The lowest BCUT2D eigenvalue weighted by Crippen LogP contribution is -2.48. The minimum atomic E-state index is -0.539. The number of carbonyl (C=O) groups excluding carboxylic acids is 1. The third-order valence-electron chi connectivity index (χ3n) is 5.53. The van der Waals surface area contributed by atoms with Gasteiger partial charge in [-0.05, 0) is 69.9 Å². The predicted molar refractivity (Wildman–Crippen MR) is 121 cm³/mol. The molecule has 0 bridgehead atoms. The fourth-order valence-corrected chi connectivity index (χ4v) is 3.99. The van der Waals surface area contributed by atoms with Crippen molar-refractivity contribution in [2.75, 3.05) is 13.2 Å². The maximum atomic E-state index is 13.3. The first-order valence-corrected chi connectivity index (χ1v) is 11.1. The lowest BCUT2D eigenvalue weighted by molar-refractivity contribution is 0.00290. The van der Waals surface area contributed by atoms with Crippen molar-refractivity contribution in [3.05, 3.63) is 59.9 Å². The van der Waals surface area contributed by atoms with Crippen molar-refractivity contribution in [3.63, 3.8) is 0 Å². The van der Waals surface area contributed by atoms with Crippen LogP contribution in [0.2, 0.25) is 0 Å². The lowest BCUT2D eigenvalue weighted by Gasteiger charge is -2.36. The van der Waals surface area contributed by atoms with E-state index in [0.717, 1.165) is 35.9 Å². The molecule has 2 heterocycles. The first-order chi connectivity index (χ1) is 15.3. The molecule has 1 aromatic heterocycles. The van der Waals surface area contributed by atoms with Crippen LogP contribution in [-0.4, -0.2) is 45.3 Å². The molecule has 0 aliphatic carbocycles. The van der Waals surface area contributed by atoms with Crippen molar-refractivity contribution in [3.8, 4) is 6.01 Å². The predicted octanol–water partition coefficient (Wildman–Crippen LogP) is 5.39. The second kappa shape index (κ2) is 9.18. The third kappa shape index (κ3) is 5.21. The molecule has 1 aliphatic rings. The minimum absolute atomic E-state index is 0.0716. The van der Waals surface area contributed by atoms with Gasteiger partial charge >= 0.3 is 6.09 Å². The normalized spacial score (nSPS) is 16.9. The van der Waals surface area contributed by atoms with Gasteiger partial charge in [-0.2, -0.15) is 4.98 Å². The summed E-state index contributed by atoms with van der Waals surface area (Å²) in [6.07, 6.45) is 2.56. The molecule has 7 heteroatoms. The number of carbonyl (C=O) groups is 1.